The Morgan fingerprint density at radius 1 is 0.264 bits per heavy atom. The third-order valence-electron chi connectivity index (χ3n) is 9.99. The van der Waals surface area contributed by atoms with Gasteiger partial charge in [-0.3, -0.25) is 0 Å². The van der Waals surface area contributed by atoms with Gasteiger partial charge in [0.2, 0.25) is 0 Å². The Labute approximate surface area is 306 Å². The summed E-state index contributed by atoms with van der Waals surface area (Å²) in [4.78, 5) is 15.3. The van der Waals surface area contributed by atoms with E-state index in [1.54, 1.807) is 0 Å². The first-order valence-electron chi connectivity index (χ1n) is 17.8. The van der Waals surface area contributed by atoms with Gasteiger partial charge in [0, 0.05) is 27.5 Å². The zero-order valence-corrected chi connectivity index (χ0v) is 28.6. The molecule has 0 aliphatic heterocycles. The van der Waals surface area contributed by atoms with Gasteiger partial charge in [0.25, 0.3) is 0 Å². The van der Waals surface area contributed by atoms with Crippen LogP contribution in [0.3, 0.4) is 0 Å². The highest BCUT2D eigenvalue weighted by molar-refractivity contribution is 6.16. The Morgan fingerprint density at radius 2 is 0.698 bits per heavy atom. The Kier molecular flexibility index (Phi) is 7.43. The standard InChI is InChI=1S/C49H31N3O/c1-3-12-32(13-4-1)33-22-24-34(25-23-33)35-26-28-37(29-27-35)48-50-47(36-14-5-2-6-15-36)51-49(52-48)42-31-30-40(38-16-7-8-17-39(38)42)41-19-11-21-45-46(41)43-18-9-10-20-44(43)53-45/h1-31H. The molecule has 0 atom stereocenters. The molecule has 0 bridgehead atoms. The smallest absolute Gasteiger partial charge is 0.164 e. The molecule has 10 rings (SSSR count). The molecular weight excluding hydrogens is 647 g/mol. The fourth-order valence-electron chi connectivity index (χ4n) is 7.37. The normalized spacial score (nSPS) is 11.4. The van der Waals surface area contributed by atoms with E-state index in [-0.39, 0.29) is 0 Å². The summed E-state index contributed by atoms with van der Waals surface area (Å²) < 4.78 is 6.26. The van der Waals surface area contributed by atoms with Crippen molar-refractivity contribution in [3.05, 3.63) is 188 Å². The second-order valence-corrected chi connectivity index (χ2v) is 13.2. The maximum absolute atomic E-state index is 6.26. The zero-order chi connectivity index (χ0) is 35.1. The molecule has 248 valence electrons. The Hall–Kier alpha value is -7.17. The number of rotatable bonds is 6. The van der Waals surface area contributed by atoms with Gasteiger partial charge in [-0.15, -0.1) is 0 Å². The molecule has 0 saturated heterocycles. The van der Waals surface area contributed by atoms with Crippen molar-refractivity contribution in [3.63, 3.8) is 0 Å². The van der Waals surface area contributed by atoms with E-state index in [4.69, 9.17) is 19.4 Å². The summed E-state index contributed by atoms with van der Waals surface area (Å²) in [6.45, 7) is 0. The van der Waals surface area contributed by atoms with Crippen LogP contribution in [0.25, 0.3) is 100 Å². The van der Waals surface area contributed by atoms with Crippen LogP contribution in [-0.4, -0.2) is 15.0 Å². The molecule has 0 aliphatic carbocycles. The van der Waals surface area contributed by atoms with E-state index in [2.05, 4.69) is 133 Å². The molecule has 0 N–H and O–H groups in total. The van der Waals surface area contributed by atoms with Gasteiger partial charge in [-0.2, -0.15) is 0 Å². The molecule has 4 heteroatoms. The van der Waals surface area contributed by atoms with Crippen LogP contribution in [0, 0.1) is 0 Å². The second-order valence-electron chi connectivity index (χ2n) is 13.2. The van der Waals surface area contributed by atoms with Gasteiger partial charge < -0.3 is 4.42 Å². The summed E-state index contributed by atoms with van der Waals surface area (Å²) in [6.07, 6.45) is 0. The zero-order valence-electron chi connectivity index (χ0n) is 28.6. The van der Waals surface area contributed by atoms with Crippen LogP contribution in [0.2, 0.25) is 0 Å². The number of hydrogen-bond acceptors (Lipinski definition) is 4. The summed E-state index contributed by atoms with van der Waals surface area (Å²) in [5, 5.41) is 4.41. The van der Waals surface area contributed by atoms with Gasteiger partial charge in [0.1, 0.15) is 11.2 Å². The van der Waals surface area contributed by atoms with E-state index < -0.39 is 0 Å². The van der Waals surface area contributed by atoms with Crippen LogP contribution in [0.1, 0.15) is 0 Å². The van der Waals surface area contributed by atoms with Crippen molar-refractivity contribution >= 4 is 32.7 Å². The third kappa shape index (κ3) is 5.54. The number of aromatic nitrogens is 3. The summed E-state index contributed by atoms with van der Waals surface area (Å²) in [5.41, 5.74) is 11.5. The molecule has 10 aromatic rings. The monoisotopic (exact) mass is 677 g/mol. The molecule has 8 aromatic carbocycles. The molecular formula is C49H31N3O. The highest BCUT2D eigenvalue weighted by Crippen LogP contribution is 2.41. The van der Waals surface area contributed by atoms with Crippen LogP contribution < -0.4 is 0 Å². The van der Waals surface area contributed by atoms with Gasteiger partial charge >= 0.3 is 0 Å². The SMILES string of the molecule is c1ccc(-c2ccc(-c3ccc(-c4nc(-c5ccccc5)nc(-c5ccc(-c6cccc7oc8ccccc8c67)c6ccccc56)n4)cc3)cc2)cc1. The number of fused-ring (bicyclic) bond motifs is 4. The number of benzene rings is 8. The fourth-order valence-corrected chi connectivity index (χ4v) is 7.37. The summed E-state index contributed by atoms with van der Waals surface area (Å²) >= 11 is 0. The minimum atomic E-state index is 0.627. The maximum Gasteiger partial charge on any atom is 0.164 e. The van der Waals surface area contributed by atoms with E-state index in [0.29, 0.717) is 17.5 Å². The molecule has 0 spiro atoms. The molecule has 4 nitrogen and oxygen atoms in total. The third-order valence-corrected chi connectivity index (χ3v) is 9.99. The van der Waals surface area contributed by atoms with Crippen LogP contribution in [0.15, 0.2) is 192 Å². The van der Waals surface area contributed by atoms with E-state index in [0.717, 1.165) is 71.7 Å². The first kappa shape index (κ1) is 30.6. The Morgan fingerprint density at radius 3 is 1.34 bits per heavy atom. The lowest BCUT2D eigenvalue weighted by atomic mass is 9.92. The van der Waals surface area contributed by atoms with E-state index in [9.17, 15) is 0 Å². The van der Waals surface area contributed by atoms with Crippen LogP contribution in [0.4, 0.5) is 0 Å². The first-order valence-corrected chi connectivity index (χ1v) is 17.8. The topological polar surface area (TPSA) is 51.8 Å². The van der Waals surface area contributed by atoms with Gasteiger partial charge in [-0.25, -0.2) is 15.0 Å². The molecule has 0 radical (unpaired) electrons. The van der Waals surface area contributed by atoms with Crippen molar-refractivity contribution in [1.29, 1.82) is 0 Å². The Balaban J connectivity index is 1.08. The number of hydrogen-bond donors (Lipinski definition) is 0. The largest absolute Gasteiger partial charge is 0.456 e. The minimum absolute atomic E-state index is 0.627. The molecule has 2 heterocycles. The van der Waals surface area contributed by atoms with Gasteiger partial charge in [-0.1, -0.05) is 170 Å². The fraction of sp³-hybridized carbons (Fsp3) is 0. The van der Waals surface area contributed by atoms with Crippen LogP contribution >= 0.6 is 0 Å². The maximum atomic E-state index is 6.26. The molecule has 2 aromatic heterocycles. The second kappa shape index (κ2) is 12.9. The number of furan rings is 1. The van der Waals surface area contributed by atoms with Crippen molar-refractivity contribution in [3.8, 4) is 67.5 Å². The minimum Gasteiger partial charge on any atom is -0.456 e. The highest BCUT2D eigenvalue weighted by Gasteiger charge is 2.18. The summed E-state index contributed by atoms with van der Waals surface area (Å²) in [6, 6.07) is 65.2. The highest BCUT2D eigenvalue weighted by atomic mass is 16.3. The van der Waals surface area contributed by atoms with E-state index in [1.165, 1.54) is 11.1 Å². The quantitative estimate of drug-likeness (QED) is 0.176. The lowest BCUT2D eigenvalue weighted by Crippen LogP contribution is -2.00. The van der Waals surface area contributed by atoms with Crippen molar-refractivity contribution < 1.29 is 4.42 Å². The molecule has 53 heavy (non-hydrogen) atoms. The average molecular weight is 678 g/mol. The molecule has 0 fully saturated rings. The van der Waals surface area contributed by atoms with Gasteiger partial charge in [0.15, 0.2) is 17.5 Å². The van der Waals surface area contributed by atoms with E-state index in [1.807, 2.05) is 54.6 Å². The first-order chi connectivity index (χ1) is 26.3. The number of para-hydroxylation sites is 1. The van der Waals surface area contributed by atoms with Gasteiger partial charge in [0.05, 0.1) is 0 Å². The summed E-state index contributed by atoms with van der Waals surface area (Å²) in [5.74, 6) is 1.89. The Bertz CT molecular complexity index is 2910. The summed E-state index contributed by atoms with van der Waals surface area (Å²) in [7, 11) is 0. The number of nitrogens with zero attached hydrogens (tertiary/aromatic N) is 3. The van der Waals surface area contributed by atoms with Crippen molar-refractivity contribution in [2.24, 2.45) is 0 Å². The van der Waals surface area contributed by atoms with Crippen molar-refractivity contribution in [2.75, 3.05) is 0 Å². The molecule has 0 unspecified atom stereocenters. The predicted octanol–water partition coefficient (Wildman–Crippen LogP) is 12.9. The predicted molar refractivity (Wildman–Crippen MR) is 217 cm³/mol. The lowest BCUT2D eigenvalue weighted by Gasteiger charge is -2.14. The van der Waals surface area contributed by atoms with Crippen LogP contribution in [0.5, 0.6) is 0 Å². The van der Waals surface area contributed by atoms with Crippen LogP contribution in [-0.2, 0) is 0 Å². The molecule has 0 aliphatic rings. The van der Waals surface area contributed by atoms with E-state index >= 15 is 0 Å². The average Bonchev–Trinajstić information content (AvgIpc) is 3.63. The molecule has 0 saturated carbocycles. The van der Waals surface area contributed by atoms with Crippen molar-refractivity contribution in [1.82, 2.24) is 15.0 Å². The van der Waals surface area contributed by atoms with Crippen molar-refractivity contribution in [2.45, 2.75) is 0 Å². The molecule has 0 amide bonds. The van der Waals surface area contributed by atoms with Gasteiger partial charge in [-0.05, 0) is 62.4 Å². The lowest BCUT2D eigenvalue weighted by molar-refractivity contribution is 0.669.